The van der Waals surface area contributed by atoms with Gasteiger partial charge < -0.3 is 10.6 Å². The second-order valence-corrected chi connectivity index (χ2v) is 8.86. The predicted octanol–water partition coefficient (Wildman–Crippen LogP) is 4.88. The molecule has 2 atom stereocenters. The summed E-state index contributed by atoms with van der Waals surface area (Å²) in [6.45, 7) is 8.30. The monoisotopic (exact) mass is 470 g/mol. The van der Waals surface area contributed by atoms with Crippen LogP contribution in [0.1, 0.15) is 34.1 Å². The lowest BCUT2D eigenvalue weighted by atomic mass is 9.83. The molecule has 8 rings (SSSR count). The molecule has 0 spiro atoms. The van der Waals surface area contributed by atoms with Crippen molar-refractivity contribution in [2.75, 3.05) is 0 Å². The van der Waals surface area contributed by atoms with Crippen LogP contribution in [0.2, 0.25) is 0 Å². The molecule has 0 saturated heterocycles. The molecule has 0 saturated carbocycles. The summed E-state index contributed by atoms with van der Waals surface area (Å²) >= 11 is 0. The Bertz CT molecular complexity index is 1500. The molecule has 8 bridgehead atoms. The van der Waals surface area contributed by atoms with Gasteiger partial charge in [-0.15, -0.1) is 0 Å². The smallest absolute Gasteiger partial charge is 0.310 e. The van der Waals surface area contributed by atoms with E-state index < -0.39 is 6.03 Å². The topological polar surface area (TPSA) is 100.0 Å². The lowest BCUT2D eigenvalue weighted by molar-refractivity contribution is 0.245. The van der Waals surface area contributed by atoms with Crippen LogP contribution in [0.25, 0.3) is 11.1 Å². The van der Waals surface area contributed by atoms with Gasteiger partial charge in [0, 0.05) is 22.5 Å². The van der Waals surface area contributed by atoms with Gasteiger partial charge in [-0.1, -0.05) is 61.7 Å². The van der Waals surface area contributed by atoms with Crippen molar-refractivity contribution in [3.63, 3.8) is 0 Å². The van der Waals surface area contributed by atoms with Crippen LogP contribution in [0.4, 0.5) is 4.79 Å². The van der Waals surface area contributed by atoms with Gasteiger partial charge in [-0.2, -0.15) is 9.98 Å². The molecule has 6 aliphatic carbocycles. The van der Waals surface area contributed by atoms with Crippen molar-refractivity contribution in [2.24, 2.45) is 9.98 Å². The van der Waals surface area contributed by atoms with Gasteiger partial charge in [0.05, 0.1) is 23.2 Å². The number of nitrogens with zero attached hydrogens (tertiary/aromatic N) is 2. The number of allylic oxidation sites excluding steroid dienone is 8. The van der Waals surface area contributed by atoms with E-state index >= 15 is 0 Å². The number of rotatable bonds is 4. The van der Waals surface area contributed by atoms with Crippen molar-refractivity contribution in [3.05, 3.63) is 130 Å². The average molecular weight is 470 g/mol. The molecule has 2 aromatic carbocycles. The lowest BCUT2D eigenvalue weighted by Gasteiger charge is -2.30. The van der Waals surface area contributed by atoms with Crippen LogP contribution in [0.5, 0.6) is 0 Å². The second kappa shape index (κ2) is 8.00. The van der Waals surface area contributed by atoms with Gasteiger partial charge >= 0.3 is 6.03 Å². The fourth-order valence-electron chi connectivity index (χ4n) is 5.35. The van der Waals surface area contributed by atoms with E-state index in [1.165, 1.54) is 0 Å². The molecule has 0 radical (unpaired) electrons. The Morgan fingerprint density at radius 1 is 0.694 bits per heavy atom. The Kier molecular flexibility index (Phi) is 4.76. The first-order valence-corrected chi connectivity index (χ1v) is 11.2. The summed E-state index contributed by atoms with van der Waals surface area (Å²) in [4.78, 5) is 43.1. The molecule has 36 heavy (non-hydrogen) atoms. The molecular weight excluding hydrogens is 452 g/mol. The van der Waals surface area contributed by atoms with E-state index in [9.17, 15) is 14.4 Å². The number of urea groups is 1. The standard InChI is InChI=1S/C29H18N4O3/c1-15-23(30-13-34)11-21-17-3-7-19(8-4-17)25(15)27(21)32-29(36)33-28-22-12-24(31-14-35)16(2)26(28)20-9-5-18(22)6-10-20/h3-12,25-26H,1-2H2,(H2,32,33,36). The molecule has 2 amide bonds. The first-order valence-electron chi connectivity index (χ1n) is 11.2. The number of hydrogen-bond donors (Lipinski definition) is 2. The van der Waals surface area contributed by atoms with Gasteiger partial charge in [0.15, 0.2) is 0 Å². The van der Waals surface area contributed by atoms with Crippen LogP contribution in [0.15, 0.2) is 118 Å². The Morgan fingerprint density at radius 2 is 1.08 bits per heavy atom. The highest BCUT2D eigenvalue weighted by Gasteiger charge is 2.36. The molecule has 0 aromatic heterocycles. The zero-order valence-electron chi connectivity index (χ0n) is 19.0. The third kappa shape index (κ3) is 3.12. The fraction of sp³-hybridized carbons (Fsp3) is 0.0690. The summed E-state index contributed by atoms with van der Waals surface area (Å²) in [5.74, 6) is -0.735. The first kappa shape index (κ1) is 21.4. The van der Waals surface area contributed by atoms with E-state index in [1.807, 2.05) is 48.5 Å². The van der Waals surface area contributed by atoms with Crippen molar-refractivity contribution >= 4 is 29.3 Å². The summed E-state index contributed by atoms with van der Waals surface area (Å²) in [5, 5.41) is 6.09. The fourth-order valence-corrected chi connectivity index (χ4v) is 5.35. The minimum absolute atomic E-state index is 0.367. The van der Waals surface area contributed by atoms with Crippen molar-refractivity contribution < 1.29 is 14.4 Å². The highest BCUT2D eigenvalue weighted by Crippen LogP contribution is 2.47. The molecule has 0 fully saturated rings. The number of isocyanates is 2. The number of amides is 2. The number of fused-ring (bicyclic) bond motifs is 4. The molecule has 2 aromatic rings. The number of hydrogen-bond acceptors (Lipinski definition) is 5. The zero-order chi connectivity index (χ0) is 25.0. The van der Waals surface area contributed by atoms with Crippen molar-refractivity contribution in [1.82, 2.24) is 10.6 Å². The SMILES string of the molecule is C=C1C(N=C=O)=CC2=C(NC(=O)NC3=C4C=C(N=C=O)C(=C)C3c3ccc4cc3)C1c1ccc2cc1. The van der Waals surface area contributed by atoms with Crippen LogP contribution >= 0.6 is 0 Å². The highest BCUT2D eigenvalue weighted by molar-refractivity contribution is 5.92. The van der Waals surface area contributed by atoms with Crippen molar-refractivity contribution in [1.29, 1.82) is 0 Å². The minimum Gasteiger partial charge on any atom is -0.310 e. The third-order valence-electron chi connectivity index (χ3n) is 7.01. The van der Waals surface area contributed by atoms with Crippen LogP contribution in [-0.2, 0) is 9.59 Å². The third-order valence-corrected chi connectivity index (χ3v) is 7.01. The largest absolute Gasteiger partial charge is 0.323 e. The summed E-state index contributed by atoms with van der Waals surface area (Å²) in [6, 6.07) is 15.3. The molecule has 172 valence electrons. The van der Waals surface area contributed by atoms with Crippen LogP contribution in [-0.4, -0.2) is 18.2 Å². The lowest BCUT2D eigenvalue weighted by Crippen LogP contribution is -2.39. The normalized spacial score (nSPS) is 20.6. The molecular formula is C29H18N4O3. The van der Waals surface area contributed by atoms with Crippen LogP contribution < -0.4 is 10.6 Å². The predicted molar refractivity (Wildman–Crippen MR) is 135 cm³/mol. The number of nitrogens with one attached hydrogen (secondary N) is 2. The summed E-state index contributed by atoms with van der Waals surface area (Å²) in [5.41, 5.74) is 8.55. The molecule has 6 aliphatic rings. The maximum absolute atomic E-state index is 13.5. The van der Waals surface area contributed by atoms with Gasteiger partial charge in [-0.25, -0.2) is 14.4 Å². The van der Waals surface area contributed by atoms with Crippen LogP contribution in [0.3, 0.4) is 0 Å². The van der Waals surface area contributed by atoms with E-state index in [0.29, 0.717) is 33.9 Å². The Balaban J connectivity index is 1.40. The van der Waals surface area contributed by atoms with Gasteiger partial charge in [-0.05, 0) is 45.6 Å². The Morgan fingerprint density at radius 3 is 1.44 bits per heavy atom. The first-order chi connectivity index (χ1) is 17.5. The van der Waals surface area contributed by atoms with E-state index in [2.05, 4.69) is 33.8 Å². The average Bonchev–Trinajstić information content (AvgIpc) is 3.15. The minimum atomic E-state index is -0.429. The number of carbonyl (C=O) groups is 1. The maximum Gasteiger partial charge on any atom is 0.323 e. The molecule has 7 heteroatoms. The van der Waals surface area contributed by atoms with Crippen molar-refractivity contribution in [3.8, 4) is 0 Å². The van der Waals surface area contributed by atoms with Crippen molar-refractivity contribution in [2.45, 2.75) is 11.8 Å². The highest BCUT2D eigenvalue weighted by atomic mass is 16.2. The van der Waals surface area contributed by atoms with Gasteiger partial charge in [0.25, 0.3) is 0 Å². The molecule has 0 aliphatic heterocycles. The summed E-state index contributed by atoms with van der Waals surface area (Å²) in [7, 11) is 0. The van der Waals surface area contributed by atoms with E-state index in [-0.39, 0.29) is 11.8 Å². The van der Waals surface area contributed by atoms with E-state index in [0.717, 1.165) is 33.4 Å². The van der Waals surface area contributed by atoms with E-state index in [4.69, 9.17) is 0 Å². The molecule has 7 nitrogen and oxygen atoms in total. The molecule has 2 N–H and O–H groups in total. The quantitative estimate of drug-likeness (QED) is 0.492. The Labute approximate surface area is 206 Å². The number of carbonyl (C=O) groups excluding carboxylic acids is 3. The maximum atomic E-state index is 13.5. The summed E-state index contributed by atoms with van der Waals surface area (Å²) in [6.07, 6.45) is 6.67. The number of benzene rings is 2. The zero-order valence-corrected chi connectivity index (χ0v) is 19.0. The Hall–Kier alpha value is -5.09. The van der Waals surface area contributed by atoms with E-state index in [1.54, 1.807) is 24.3 Å². The summed E-state index contributed by atoms with van der Waals surface area (Å²) < 4.78 is 0. The number of aliphatic imine (C=N–C) groups is 2. The van der Waals surface area contributed by atoms with Gasteiger partial charge in [-0.3, -0.25) is 0 Å². The second-order valence-electron chi connectivity index (χ2n) is 8.86. The molecule has 0 heterocycles. The van der Waals surface area contributed by atoms with Gasteiger partial charge in [0.1, 0.15) is 0 Å². The van der Waals surface area contributed by atoms with Gasteiger partial charge in [0.2, 0.25) is 12.2 Å². The van der Waals surface area contributed by atoms with Crippen LogP contribution in [0, 0.1) is 0 Å². The molecule has 2 unspecified atom stereocenters.